The van der Waals surface area contributed by atoms with Gasteiger partial charge in [-0.3, -0.25) is 0 Å². The van der Waals surface area contributed by atoms with Crippen molar-refractivity contribution in [2.24, 2.45) is 0 Å². The smallest absolute Gasteiger partial charge is 0.0216 e. The number of benzene rings is 1. The molecule has 2 rings (SSSR count). The first kappa shape index (κ1) is 9.10. The molecule has 66 valence electrons. The molecule has 0 nitrogen and oxygen atoms in total. The monoisotopic (exact) mass is 252 g/mol. The average molecular weight is 253 g/mol. The van der Waals surface area contributed by atoms with Crippen LogP contribution in [0.15, 0.2) is 45.1 Å². The van der Waals surface area contributed by atoms with Crippen molar-refractivity contribution < 1.29 is 0 Å². The molecule has 0 radical (unpaired) electrons. The summed E-state index contributed by atoms with van der Waals surface area (Å²) >= 11 is 5.32. The Labute approximate surface area is 90.9 Å². The summed E-state index contributed by atoms with van der Waals surface area (Å²) in [6, 6.07) is 8.46. The van der Waals surface area contributed by atoms with Gasteiger partial charge in [0.1, 0.15) is 0 Å². The molecule has 2 heteroatoms. The number of thioether (sulfide) groups is 1. The quantitative estimate of drug-likeness (QED) is 0.659. The van der Waals surface area contributed by atoms with Gasteiger partial charge in [-0.15, -0.1) is 0 Å². The van der Waals surface area contributed by atoms with Gasteiger partial charge < -0.3 is 0 Å². The summed E-state index contributed by atoms with van der Waals surface area (Å²) in [5.41, 5.74) is 2.63. The Morgan fingerprint density at radius 2 is 2.00 bits per heavy atom. The van der Waals surface area contributed by atoms with Crippen LogP contribution in [0.25, 0.3) is 5.57 Å². The fourth-order valence-electron chi connectivity index (χ4n) is 1.30. The summed E-state index contributed by atoms with van der Waals surface area (Å²) in [5.74, 6) is 0. The molecule has 1 heterocycles. The number of allylic oxidation sites excluding steroid dienone is 3. The summed E-state index contributed by atoms with van der Waals surface area (Å²) in [4.78, 5) is 1.32. The maximum Gasteiger partial charge on any atom is 0.0216 e. The van der Waals surface area contributed by atoms with Crippen molar-refractivity contribution in [1.29, 1.82) is 0 Å². The summed E-state index contributed by atoms with van der Waals surface area (Å²) in [6.07, 6.45) is 2.10. The van der Waals surface area contributed by atoms with Crippen molar-refractivity contribution >= 4 is 33.3 Å². The zero-order chi connectivity index (χ0) is 9.26. The maximum atomic E-state index is 3.55. The van der Waals surface area contributed by atoms with Crippen LogP contribution < -0.4 is 0 Å². The normalized spacial score (nSPS) is 15.5. The molecule has 0 saturated heterocycles. The fourth-order valence-corrected chi connectivity index (χ4v) is 2.68. The molecule has 1 aromatic carbocycles. The molecule has 0 fully saturated rings. The summed E-state index contributed by atoms with van der Waals surface area (Å²) in [5, 5.41) is 2.11. The SMILES string of the molecule is CC1=C(Br)C=CSc2ccccc21. The van der Waals surface area contributed by atoms with E-state index in [1.54, 1.807) is 11.8 Å². The van der Waals surface area contributed by atoms with Gasteiger partial charge in [-0.2, -0.15) is 0 Å². The minimum Gasteiger partial charge on any atom is -0.0974 e. The summed E-state index contributed by atoms with van der Waals surface area (Å²) in [7, 11) is 0. The molecular weight excluding hydrogens is 244 g/mol. The first-order valence-corrected chi connectivity index (χ1v) is 5.75. The van der Waals surface area contributed by atoms with Crippen LogP contribution in [-0.2, 0) is 0 Å². The molecule has 0 amide bonds. The Balaban J connectivity index is 2.63. The van der Waals surface area contributed by atoms with Crippen molar-refractivity contribution in [1.82, 2.24) is 0 Å². The first-order chi connectivity index (χ1) is 6.29. The molecule has 1 aliphatic rings. The Morgan fingerprint density at radius 3 is 2.85 bits per heavy atom. The van der Waals surface area contributed by atoms with Crippen LogP contribution in [0, 0.1) is 0 Å². The predicted octanol–water partition coefficient (Wildman–Crippen LogP) is 4.43. The van der Waals surface area contributed by atoms with E-state index in [2.05, 4.69) is 58.6 Å². The second-order valence-electron chi connectivity index (χ2n) is 2.89. The van der Waals surface area contributed by atoms with Crippen LogP contribution in [0.5, 0.6) is 0 Å². The molecule has 0 bridgehead atoms. The highest BCUT2D eigenvalue weighted by Crippen LogP contribution is 2.35. The van der Waals surface area contributed by atoms with E-state index in [1.807, 2.05) is 0 Å². The largest absolute Gasteiger partial charge is 0.0974 e. The summed E-state index contributed by atoms with van der Waals surface area (Å²) in [6.45, 7) is 2.14. The Kier molecular flexibility index (Phi) is 2.61. The molecule has 0 unspecified atom stereocenters. The molecule has 0 spiro atoms. The van der Waals surface area contributed by atoms with Crippen molar-refractivity contribution in [3.05, 3.63) is 45.8 Å². The standard InChI is InChI=1S/C11H9BrS/c1-8-9-4-2-3-5-11(9)13-7-6-10(8)12/h2-7H,1H3. The van der Waals surface area contributed by atoms with E-state index in [9.17, 15) is 0 Å². The van der Waals surface area contributed by atoms with Crippen molar-refractivity contribution in [2.75, 3.05) is 0 Å². The van der Waals surface area contributed by atoms with E-state index in [-0.39, 0.29) is 0 Å². The lowest BCUT2D eigenvalue weighted by Crippen LogP contribution is -1.82. The van der Waals surface area contributed by atoms with E-state index < -0.39 is 0 Å². The van der Waals surface area contributed by atoms with Gasteiger partial charge in [0.25, 0.3) is 0 Å². The topological polar surface area (TPSA) is 0 Å². The van der Waals surface area contributed by atoms with Gasteiger partial charge in [-0.1, -0.05) is 45.9 Å². The number of rotatable bonds is 0. The van der Waals surface area contributed by atoms with E-state index in [0.717, 1.165) is 0 Å². The Hall–Kier alpha value is -0.470. The van der Waals surface area contributed by atoms with E-state index in [0.29, 0.717) is 0 Å². The van der Waals surface area contributed by atoms with Crippen LogP contribution in [-0.4, -0.2) is 0 Å². The van der Waals surface area contributed by atoms with Gasteiger partial charge in [0.2, 0.25) is 0 Å². The maximum absolute atomic E-state index is 3.55. The first-order valence-electron chi connectivity index (χ1n) is 4.08. The highest BCUT2D eigenvalue weighted by Gasteiger charge is 2.08. The molecule has 1 aromatic rings. The molecule has 1 aliphatic heterocycles. The molecule has 0 aromatic heterocycles. The van der Waals surface area contributed by atoms with E-state index in [1.165, 1.54) is 20.5 Å². The van der Waals surface area contributed by atoms with Gasteiger partial charge in [0.15, 0.2) is 0 Å². The van der Waals surface area contributed by atoms with Crippen LogP contribution in [0.3, 0.4) is 0 Å². The Morgan fingerprint density at radius 1 is 1.23 bits per heavy atom. The molecule has 0 aliphatic carbocycles. The highest BCUT2D eigenvalue weighted by atomic mass is 79.9. The van der Waals surface area contributed by atoms with Crippen molar-refractivity contribution in [3.8, 4) is 0 Å². The van der Waals surface area contributed by atoms with Gasteiger partial charge in [-0.25, -0.2) is 0 Å². The Bertz CT molecular complexity index is 391. The van der Waals surface area contributed by atoms with Crippen molar-refractivity contribution in [2.45, 2.75) is 11.8 Å². The van der Waals surface area contributed by atoms with Crippen molar-refractivity contribution in [3.63, 3.8) is 0 Å². The fraction of sp³-hybridized carbons (Fsp3) is 0.0909. The van der Waals surface area contributed by atoms with Crippen LogP contribution in [0.4, 0.5) is 0 Å². The molecule has 0 atom stereocenters. The molecular formula is C11H9BrS. The highest BCUT2D eigenvalue weighted by molar-refractivity contribution is 9.12. The van der Waals surface area contributed by atoms with E-state index >= 15 is 0 Å². The zero-order valence-electron chi connectivity index (χ0n) is 7.25. The minimum atomic E-state index is 1.17. The average Bonchev–Trinajstić information content (AvgIpc) is 2.29. The molecule has 13 heavy (non-hydrogen) atoms. The second kappa shape index (κ2) is 3.72. The number of hydrogen-bond acceptors (Lipinski definition) is 1. The third-order valence-electron chi connectivity index (χ3n) is 2.06. The van der Waals surface area contributed by atoms with Gasteiger partial charge in [0.05, 0.1) is 0 Å². The zero-order valence-corrected chi connectivity index (χ0v) is 9.65. The lowest BCUT2D eigenvalue weighted by molar-refractivity contribution is 1.39. The number of halogens is 1. The predicted molar refractivity (Wildman–Crippen MR) is 63.0 cm³/mol. The summed E-state index contributed by atoms with van der Waals surface area (Å²) < 4.78 is 1.17. The van der Waals surface area contributed by atoms with E-state index in [4.69, 9.17) is 0 Å². The van der Waals surface area contributed by atoms with Crippen LogP contribution in [0.2, 0.25) is 0 Å². The number of fused-ring (bicyclic) bond motifs is 1. The van der Waals surface area contributed by atoms with Crippen LogP contribution >= 0.6 is 27.7 Å². The number of hydrogen-bond donors (Lipinski definition) is 0. The molecule has 0 saturated carbocycles. The third-order valence-corrected chi connectivity index (χ3v) is 3.80. The third kappa shape index (κ3) is 1.74. The lowest BCUT2D eigenvalue weighted by Gasteiger charge is -2.05. The van der Waals surface area contributed by atoms with Gasteiger partial charge >= 0.3 is 0 Å². The lowest BCUT2D eigenvalue weighted by atomic mass is 10.1. The van der Waals surface area contributed by atoms with Gasteiger partial charge in [0, 0.05) is 9.38 Å². The second-order valence-corrected chi connectivity index (χ2v) is 4.69. The van der Waals surface area contributed by atoms with Crippen LogP contribution in [0.1, 0.15) is 12.5 Å². The minimum absolute atomic E-state index is 1.17. The molecule has 0 N–H and O–H groups in total. The van der Waals surface area contributed by atoms with Gasteiger partial charge in [-0.05, 0) is 35.6 Å².